The van der Waals surface area contributed by atoms with Gasteiger partial charge in [0.25, 0.3) is 5.91 Å². The highest BCUT2D eigenvalue weighted by Crippen LogP contribution is 2.32. The second-order valence-electron chi connectivity index (χ2n) is 4.48. The Kier molecular flexibility index (Phi) is 3.22. The van der Waals surface area contributed by atoms with Gasteiger partial charge >= 0.3 is 0 Å². The minimum atomic E-state index is -0.249. The van der Waals surface area contributed by atoms with Crippen LogP contribution in [0.15, 0.2) is 18.2 Å². The van der Waals surface area contributed by atoms with E-state index >= 15 is 0 Å². The number of hydrogen-bond donors (Lipinski definition) is 2. The largest absolute Gasteiger partial charge is 0.507 e. The van der Waals surface area contributed by atoms with Crippen LogP contribution in [0.4, 0.5) is 0 Å². The van der Waals surface area contributed by atoms with Crippen molar-refractivity contribution >= 4 is 5.91 Å². The number of aromatic hydroxyl groups is 1. The van der Waals surface area contributed by atoms with Crippen molar-refractivity contribution in [3.63, 3.8) is 0 Å². The van der Waals surface area contributed by atoms with E-state index < -0.39 is 0 Å². The molecule has 1 aromatic carbocycles. The van der Waals surface area contributed by atoms with Crippen molar-refractivity contribution in [2.45, 2.75) is 25.8 Å². The Hall–Kier alpha value is -1.71. The molecule has 0 radical (unpaired) electrons. The van der Waals surface area contributed by atoms with E-state index in [0.717, 1.165) is 0 Å². The average molecular weight is 235 g/mol. The maximum absolute atomic E-state index is 11.9. The summed E-state index contributed by atoms with van der Waals surface area (Å²) in [5.74, 6) is 0.880. The number of carbonyl (C=O) groups is 1. The smallest absolute Gasteiger partial charge is 0.255 e. The molecule has 17 heavy (non-hydrogen) atoms. The Labute approximate surface area is 101 Å². The highest BCUT2D eigenvalue weighted by atomic mass is 16.5. The number of ether oxygens (including phenoxy) is 1. The van der Waals surface area contributed by atoms with Gasteiger partial charge in [0.15, 0.2) is 0 Å². The van der Waals surface area contributed by atoms with Crippen LogP contribution in [-0.2, 0) is 0 Å². The van der Waals surface area contributed by atoms with Crippen LogP contribution in [0, 0.1) is 5.92 Å². The zero-order valence-corrected chi connectivity index (χ0v) is 10.1. The fourth-order valence-corrected chi connectivity index (χ4v) is 1.82. The molecule has 0 aromatic heterocycles. The summed E-state index contributed by atoms with van der Waals surface area (Å²) in [5, 5.41) is 12.5. The molecule has 2 rings (SSSR count). The zero-order chi connectivity index (χ0) is 12.4. The summed E-state index contributed by atoms with van der Waals surface area (Å²) in [7, 11) is 1.53. The number of hydrogen-bond acceptors (Lipinski definition) is 3. The minimum Gasteiger partial charge on any atom is -0.507 e. The summed E-state index contributed by atoms with van der Waals surface area (Å²) in [4.78, 5) is 11.9. The Morgan fingerprint density at radius 1 is 1.53 bits per heavy atom. The number of nitrogens with one attached hydrogen (secondary N) is 1. The third-order valence-electron chi connectivity index (χ3n) is 3.14. The van der Waals surface area contributed by atoms with E-state index in [2.05, 4.69) is 5.32 Å². The van der Waals surface area contributed by atoms with Gasteiger partial charge in [0, 0.05) is 6.04 Å². The summed E-state index contributed by atoms with van der Waals surface area (Å²) in [6.45, 7) is 1.99. The van der Waals surface area contributed by atoms with E-state index in [4.69, 9.17) is 4.74 Å². The SMILES string of the molecule is COc1ccc(O)c(C(=O)NC(C)C2CC2)c1. The molecule has 1 atom stereocenters. The monoisotopic (exact) mass is 235 g/mol. The summed E-state index contributed by atoms with van der Waals surface area (Å²) in [6.07, 6.45) is 2.34. The van der Waals surface area contributed by atoms with Crippen LogP contribution in [0.3, 0.4) is 0 Å². The van der Waals surface area contributed by atoms with E-state index in [1.54, 1.807) is 12.1 Å². The molecule has 1 unspecified atom stereocenters. The van der Waals surface area contributed by atoms with Gasteiger partial charge in [-0.2, -0.15) is 0 Å². The van der Waals surface area contributed by atoms with Gasteiger partial charge in [0.2, 0.25) is 0 Å². The van der Waals surface area contributed by atoms with Gasteiger partial charge in [-0.3, -0.25) is 4.79 Å². The van der Waals surface area contributed by atoms with Crippen molar-refractivity contribution in [1.29, 1.82) is 0 Å². The molecule has 92 valence electrons. The van der Waals surface area contributed by atoms with Gasteiger partial charge in [0.1, 0.15) is 11.5 Å². The lowest BCUT2D eigenvalue weighted by molar-refractivity contribution is 0.0933. The Morgan fingerprint density at radius 3 is 2.82 bits per heavy atom. The van der Waals surface area contributed by atoms with Crippen molar-refractivity contribution in [3.05, 3.63) is 23.8 Å². The Bertz CT molecular complexity index is 427. The molecular weight excluding hydrogens is 218 g/mol. The molecule has 1 fully saturated rings. The van der Waals surface area contributed by atoms with Crippen LogP contribution >= 0.6 is 0 Å². The number of phenolic OH excluding ortho intramolecular Hbond substituents is 1. The third kappa shape index (κ3) is 2.70. The maximum Gasteiger partial charge on any atom is 0.255 e. The first kappa shape index (κ1) is 11.8. The summed E-state index contributed by atoms with van der Waals surface area (Å²) in [5.41, 5.74) is 0.261. The number of rotatable bonds is 4. The van der Waals surface area contributed by atoms with Crippen LogP contribution in [0.2, 0.25) is 0 Å². The lowest BCUT2D eigenvalue weighted by atomic mass is 10.1. The molecule has 2 N–H and O–H groups in total. The topological polar surface area (TPSA) is 58.6 Å². The molecule has 1 saturated carbocycles. The normalized spacial score (nSPS) is 16.4. The van der Waals surface area contributed by atoms with Gasteiger partial charge in [-0.1, -0.05) is 0 Å². The molecule has 0 spiro atoms. The number of carbonyl (C=O) groups excluding carboxylic acids is 1. The van der Waals surface area contributed by atoms with Gasteiger partial charge in [-0.05, 0) is 43.9 Å². The maximum atomic E-state index is 11.9. The van der Waals surface area contributed by atoms with E-state index in [1.807, 2.05) is 6.92 Å². The standard InChI is InChI=1S/C13H17NO3/c1-8(9-3-4-9)14-13(16)11-7-10(17-2)5-6-12(11)15/h5-9,15H,3-4H2,1-2H3,(H,14,16). The van der Waals surface area contributed by atoms with Crippen molar-refractivity contribution in [1.82, 2.24) is 5.32 Å². The predicted molar refractivity (Wildman–Crippen MR) is 64.3 cm³/mol. The van der Waals surface area contributed by atoms with Crippen LogP contribution in [0.5, 0.6) is 11.5 Å². The van der Waals surface area contributed by atoms with E-state index in [1.165, 1.54) is 26.0 Å². The minimum absolute atomic E-state index is 0.0219. The molecule has 1 aliphatic rings. The lowest BCUT2D eigenvalue weighted by Gasteiger charge is -2.13. The first-order chi connectivity index (χ1) is 8.11. The van der Waals surface area contributed by atoms with Gasteiger partial charge in [-0.25, -0.2) is 0 Å². The highest BCUT2D eigenvalue weighted by molar-refractivity contribution is 5.97. The molecule has 0 bridgehead atoms. The van der Waals surface area contributed by atoms with Crippen molar-refractivity contribution in [3.8, 4) is 11.5 Å². The summed E-state index contributed by atoms with van der Waals surface area (Å²) < 4.78 is 5.03. The quantitative estimate of drug-likeness (QED) is 0.838. The fourth-order valence-electron chi connectivity index (χ4n) is 1.82. The number of amides is 1. The highest BCUT2D eigenvalue weighted by Gasteiger charge is 2.29. The third-order valence-corrected chi connectivity index (χ3v) is 3.14. The number of methoxy groups -OCH3 is 1. The molecule has 0 aliphatic heterocycles. The van der Waals surface area contributed by atoms with E-state index in [-0.39, 0.29) is 23.3 Å². The first-order valence-electron chi connectivity index (χ1n) is 5.79. The van der Waals surface area contributed by atoms with Crippen LogP contribution in [0.1, 0.15) is 30.1 Å². The molecule has 0 saturated heterocycles. The van der Waals surface area contributed by atoms with Gasteiger partial charge < -0.3 is 15.2 Å². The second kappa shape index (κ2) is 4.65. The summed E-state index contributed by atoms with van der Waals surface area (Å²) >= 11 is 0. The second-order valence-corrected chi connectivity index (χ2v) is 4.48. The first-order valence-corrected chi connectivity index (χ1v) is 5.79. The zero-order valence-electron chi connectivity index (χ0n) is 10.1. The van der Waals surface area contributed by atoms with Crippen molar-refractivity contribution in [2.24, 2.45) is 5.92 Å². The van der Waals surface area contributed by atoms with Gasteiger partial charge in [-0.15, -0.1) is 0 Å². The van der Waals surface area contributed by atoms with Gasteiger partial charge in [0.05, 0.1) is 12.7 Å². The molecule has 4 heteroatoms. The van der Waals surface area contributed by atoms with Crippen LogP contribution in [-0.4, -0.2) is 24.2 Å². The summed E-state index contributed by atoms with van der Waals surface area (Å²) in [6, 6.07) is 4.80. The van der Waals surface area contributed by atoms with Crippen molar-refractivity contribution < 1.29 is 14.6 Å². The van der Waals surface area contributed by atoms with E-state index in [9.17, 15) is 9.90 Å². The average Bonchev–Trinajstić information content (AvgIpc) is 3.13. The predicted octanol–water partition coefficient (Wildman–Crippen LogP) is 1.93. The molecule has 1 aromatic rings. The van der Waals surface area contributed by atoms with E-state index in [0.29, 0.717) is 11.7 Å². The van der Waals surface area contributed by atoms with Crippen LogP contribution < -0.4 is 10.1 Å². The molecule has 4 nitrogen and oxygen atoms in total. The number of benzene rings is 1. The van der Waals surface area contributed by atoms with Crippen LogP contribution in [0.25, 0.3) is 0 Å². The van der Waals surface area contributed by atoms with Crippen molar-refractivity contribution in [2.75, 3.05) is 7.11 Å². The number of phenols is 1. The Morgan fingerprint density at radius 2 is 2.24 bits per heavy atom. The molecule has 1 aliphatic carbocycles. The molecule has 0 heterocycles. The molecule has 1 amide bonds. The Balaban J connectivity index is 2.11. The lowest BCUT2D eigenvalue weighted by Crippen LogP contribution is -2.34. The molecular formula is C13H17NO3. The fraction of sp³-hybridized carbons (Fsp3) is 0.462.